The van der Waals surface area contributed by atoms with Gasteiger partial charge in [-0.05, 0) is 31.2 Å². The van der Waals surface area contributed by atoms with E-state index in [4.69, 9.17) is 4.42 Å². The first-order valence-corrected chi connectivity index (χ1v) is 9.16. The van der Waals surface area contributed by atoms with Crippen molar-refractivity contribution in [2.24, 2.45) is 5.92 Å². The van der Waals surface area contributed by atoms with E-state index in [1.165, 1.54) is 5.56 Å². The van der Waals surface area contributed by atoms with Crippen molar-refractivity contribution in [3.05, 3.63) is 54.0 Å². The Labute approximate surface area is 149 Å². The number of nitrogens with zero attached hydrogens (tertiary/aromatic N) is 1. The molecule has 1 N–H and O–H groups in total. The predicted molar refractivity (Wildman–Crippen MR) is 100 cm³/mol. The third-order valence-electron chi connectivity index (χ3n) is 4.74. The van der Waals surface area contributed by atoms with Crippen LogP contribution in [-0.4, -0.2) is 17.4 Å². The number of fused-ring (bicyclic) bond motifs is 1. The van der Waals surface area contributed by atoms with Gasteiger partial charge in [0.15, 0.2) is 11.5 Å². The molecule has 1 aliphatic rings. The molecule has 0 fully saturated rings. The Hall–Kier alpha value is -2.36. The number of carbonyl (C=O) groups is 1. The van der Waals surface area contributed by atoms with Crippen LogP contribution in [0.3, 0.4) is 0 Å². The van der Waals surface area contributed by atoms with E-state index >= 15 is 0 Å². The van der Waals surface area contributed by atoms with Gasteiger partial charge in [0.1, 0.15) is 5.52 Å². The zero-order chi connectivity index (χ0) is 17.6. The van der Waals surface area contributed by atoms with Crippen LogP contribution in [-0.2, 0) is 4.79 Å². The van der Waals surface area contributed by atoms with Gasteiger partial charge in [0.2, 0.25) is 5.91 Å². The molecule has 0 spiro atoms. The lowest BCUT2D eigenvalue weighted by Crippen LogP contribution is -2.31. The molecule has 1 heterocycles. The van der Waals surface area contributed by atoms with Crippen molar-refractivity contribution < 1.29 is 9.21 Å². The highest BCUT2D eigenvalue weighted by Crippen LogP contribution is 2.31. The van der Waals surface area contributed by atoms with Gasteiger partial charge in [-0.15, -0.1) is 0 Å². The van der Waals surface area contributed by atoms with Crippen LogP contribution in [0.5, 0.6) is 0 Å². The molecule has 4 nitrogen and oxygen atoms in total. The van der Waals surface area contributed by atoms with E-state index in [-0.39, 0.29) is 11.8 Å². The SMILES string of the molecule is CCCC(CCNC(=O)C1C=CC=CC1)c1cccc2nc(C)oc12. The molecule has 0 bridgehead atoms. The minimum absolute atomic E-state index is 0.0324. The second-order valence-electron chi connectivity index (χ2n) is 6.65. The van der Waals surface area contributed by atoms with E-state index in [0.29, 0.717) is 18.4 Å². The van der Waals surface area contributed by atoms with Crippen LogP contribution < -0.4 is 5.32 Å². The summed E-state index contributed by atoms with van der Waals surface area (Å²) < 4.78 is 5.83. The highest BCUT2D eigenvalue weighted by atomic mass is 16.3. The summed E-state index contributed by atoms with van der Waals surface area (Å²) in [4.78, 5) is 16.7. The Balaban J connectivity index is 1.65. The lowest BCUT2D eigenvalue weighted by atomic mass is 9.90. The minimum Gasteiger partial charge on any atom is -0.441 e. The zero-order valence-electron chi connectivity index (χ0n) is 15.0. The minimum atomic E-state index is -0.0324. The van der Waals surface area contributed by atoms with Crippen molar-refractivity contribution >= 4 is 17.0 Å². The van der Waals surface area contributed by atoms with Crippen molar-refractivity contribution in [1.29, 1.82) is 0 Å². The number of aromatic nitrogens is 1. The smallest absolute Gasteiger partial charge is 0.227 e. The number of carbonyl (C=O) groups excluding carboxylic acids is 1. The second-order valence-corrected chi connectivity index (χ2v) is 6.65. The molecule has 25 heavy (non-hydrogen) atoms. The van der Waals surface area contributed by atoms with Gasteiger partial charge in [0, 0.05) is 19.0 Å². The van der Waals surface area contributed by atoms with Crippen LogP contribution in [0.15, 0.2) is 46.9 Å². The normalized spacial score (nSPS) is 17.8. The summed E-state index contributed by atoms with van der Waals surface area (Å²) in [7, 11) is 0. The summed E-state index contributed by atoms with van der Waals surface area (Å²) >= 11 is 0. The molecule has 0 aliphatic heterocycles. The maximum Gasteiger partial charge on any atom is 0.227 e. The first-order valence-electron chi connectivity index (χ1n) is 9.16. The van der Waals surface area contributed by atoms with E-state index in [1.54, 1.807) is 0 Å². The van der Waals surface area contributed by atoms with E-state index in [2.05, 4.69) is 23.3 Å². The number of aryl methyl sites for hydroxylation is 1. The number of benzene rings is 1. The molecular formula is C21H26N2O2. The van der Waals surface area contributed by atoms with Gasteiger partial charge in [-0.25, -0.2) is 4.98 Å². The van der Waals surface area contributed by atoms with Crippen LogP contribution in [0.1, 0.15) is 50.0 Å². The average molecular weight is 338 g/mol. The molecule has 3 rings (SSSR count). The van der Waals surface area contributed by atoms with E-state index in [9.17, 15) is 4.79 Å². The highest BCUT2D eigenvalue weighted by Gasteiger charge is 2.19. The van der Waals surface area contributed by atoms with Gasteiger partial charge in [-0.2, -0.15) is 0 Å². The Morgan fingerprint density at radius 1 is 1.36 bits per heavy atom. The molecule has 2 unspecified atom stereocenters. The zero-order valence-corrected chi connectivity index (χ0v) is 15.0. The monoisotopic (exact) mass is 338 g/mol. The molecule has 2 aromatic rings. The lowest BCUT2D eigenvalue weighted by molar-refractivity contribution is -0.123. The molecule has 132 valence electrons. The van der Waals surface area contributed by atoms with Gasteiger partial charge >= 0.3 is 0 Å². The second kappa shape index (κ2) is 8.15. The molecule has 0 radical (unpaired) electrons. The molecule has 1 amide bonds. The molecule has 1 aliphatic carbocycles. The largest absolute Gasteiger partial charge is 0.441 e. The number of hydrogen-bond donors (Lipinski definition) is 1. The summed E-state index contributed by atoms with van der Waals surface area (Å²) in [5.41, 5.74) is 3.01. The summed E-state index contributed by atoms with van der Waals surface area (Å²) in [6.45, 7) is 4.75. The fourth-order valence-corrected chi connectivity index (χ4v) is 3.48. The first kappa shape index (κ1) is 17.5. The predicted octanol–water partition coefficient (Wildman–Crippen LogP) is 4.66. The third-order valence-corrected chi connectivity index (χ3v) is 4.74. The van der Waals surface area contributed by atoms with Crippen molar-refractivity contribution in [3.8, 4) is 0 Å². The quantitative estimate of drug-likeness (QED) is 0.799. The molecule has 0 saturated heterocycles. The van der Waals surface area contributed by atoms with Gasteiger partial charge in [0.05, 0.1) is 5.92 Å². The number of hydrogen-bond acceptors (Lipinski definition) is 3. The standard InChI is InChI=1S/C21H26N2O2/c1-3-8-16(13-14-22-21(24)17-9-5-4-6-10-17)18-11-7-12-19-20(18)25-15(2)23-19/h4-7,9,11-12,16-17H,3,8,10,13-14H2,1-2H3,(H,22,24). The average Bonchev–Trinajstić information content (AvgIpc) is 3.02. The van der Waals surface area contributed by atoms with Gasteiger partial charge < -0.3 is 9.73 Å². The molecule has 2 atom stereocenters. The van der Waals surface area contributed by atoms with Crippen LogP contribution in [0.25, 0.3) is 11.1 Å². The fraction of sp³-hybridized carbons (Fsp3) is 0.429. The van der Waals surface area contributed by atoms with Crippen LogP contribution >= 0.6 is 0 Å². The Kier molecular flexibility index (Phi) is 5.69. The number of oxazole rings is 1. The Morgan fingerprint density at radius 2 is 2.24 bits per heavy atom. The van der Waals surface area contributed by atoms with Crippen LogP contribution in [0.2, 0.25) is 0 Å². The number of rotatable bonds is 7. The summed E-state index contributed by atoms with van der Waals surface area (Å²) in [5.74, 6) is 1.14. The molecule has 0 saturated carbocycles. The molecular weight excluding hydrogens is 312 g/mol. The van der Waals surface area contributed by atoms with E-state index < -0.39 is 0 Å². The van der Waals surface area contributed by atoms with Gasteiger partial charge in [-0.3, -0.25) is 4.79 Å². The third kappa shape index (κ3) is 4.19. The molecule has 4 heteroatoms. The molecule has 1 aromatic heterocycles. The highest BCUT2D eigenvalue weighted by molar-refractivity contribution is 5.81. The van der Waals surface area contributed by atoms with Gasteiger partial charge in [0.25, 0.3) is 0 Å². The van der Waals surface area contributed by atoms with Crippen molar-refractivity contribution in [2.45, 2.75) is 45.4 Å². The maximum atomic E-state index is 12.3. The number of allylic oxidation sites excluding steroid dienone is 3. The van der Waals surface area contributed by atoms with Crippen LogP contribution in [0, 0.1) is 12.8 Å². The Bertz CT molecular complexity index is 788. The van der Waals surface area contributed by atoms with Crippen LogP contribution in [0.4, 0.5) is 0 Å². The fourth-order valence-electron chi connectivity index (χ4n) is 3.48. The Morgan fingerprint density at radius 3 is 3.00 bits per heavy atom. The topological polar surface area (TPSA) is 55.1 Å². The summed E-state index contributed by atoms with van der Waals surface area (Å²) in [5, 5.41) is 3.09. The van der Waals surface area contributed by atoms with Gasteiger partial charge in [-0.1, -0.05) is 49.8 Å². The maximum absolute atomic E-state index is 12.3. The summed E-state index contributed by atoms with van der Waals surface area (Å²) in [6, 6.07) is 6.16. The lowest BCUT2D eigenvalue weighted by Gasteiger charge is -2.18. The number of amides is 1. The van der Waals surface area contributed by atoms with Crippen molar-refractivity contribution in [2.75, 3.05) is 6.54 Å². The number of para-hydroxylation sites is 1. The van der Waals surface area contributed by atoms with Crippen molar-refractivity contribution in [1.82, 2.24) is 10.3 Å². The van der Waals surface area contributed by atoms with E-state index in [0.717, 1.165) is 36.8 Å². The molecule has 1 aromatic carbocycles. The van der Waals surface area contributed by atoms with E-state index in [1.807, 2.05) is 43.4 Å². The van der Waals surface area contributed by atoms with Crippen molar-refractivity contribution in [3.63, 3.8) is 0 Å². The first-order chi connectivity index (χ1) is 12.2. The number of nitrogens with one attached hydrogen (secondary N) is 1. The summed E-state index contributed by atoms with van der Waals surface area (Å²) in [6.07, 6.45) is 11.8.